The van der Waals surface area contributed by atoms with Crippen molar-refractivity contribution in [2.45, 2.75) is 19.8 Å². The quantitative estimate of drug-likeness (QED) is 0.695. The molecule has 2 nitrogen and oxygen atoms in total. The molecule has 0 aliphatic carbocycles. The molecule has 0 N–H and O–H groups in total. The highest BCUT2D eigenvalue weighted by Gasteiger charge is 1.96. The molecule has 66 valence electrons. The SMILES string of the molecule is CCCc1cnc2ccccc2n1. The predicted molar refractivity (Wildman–Crippen MR) is 53.5 cm³/mol. The van der Waals surface area contributed by atoms with Crippen LogP contribution in [0.15, 0.2) is 30.5 Å². The lowest BCUT2D eigenvalue weighted by Gasteiger charge is -1.99. The Morgan fingerprint density at radius 1 is 1.15 bits per heavy atom. The fraction of sp³-hybridized carbons (Fsp3) is 0.273. The number of rotatable bonds is 2. The molecule has 1 aromatic carbocycles. The van der Waals surface area contributed by atoms with Crippen LogP contribution in [0.25, 0.3) is 11.0 Å². The Morgan fingerprint density at radius 2 is 1.92 bits per heavy atom. The number of benzene rings is 1. The Bertz CT molecular complexity index is 410. The standard InChI is InChI=1S/C11H12N2/c1-2-5-9-8-12-10-6-3-4-7-11(10)13-9/h3-4,6-8H,2,5H2,1H3. The van der Waals surface area contributed by atoms with Crippen LogP contribution in [0.4, 0.5) is 0 Å². The van der Waals surface area contributed by atoms with Gasteiger partial charge in [-0.15, -0.1) is 0 Å². The van der Waals surface area contributed by atoms with Gasteiger partial charge in [-0.25, -0.2) is 4.98 Å². The molecule has 13 heavy (non-hydrogen) atoms. The lowest BCUT2D eigenvalue weighted by Crippen LogP contribution is -1.91. The maximum atomic E-state index is 4.50. The van der Waals surface area contributed by atoms with Crippen molar-refractivity contribution in [2.24, 2.45) is 0 Å². The van der Waals surface area contributed by atoms with E-state index >= 15 is 0 Å². The van der Waals surface area contributed by atoms with Crippen LogP contribution in [0, 0.1) is 0 Å². The van der Waals surface area contributed by atoms with Crippen LogP contribution in [-0.2, 0) is 6.42 Å². The van der Waals surface area contributed by atoms with Crippen LogP contribution in [0.3, 0.4) is 0 Å². The van der Waals surface area contributed by atoms with E-state index in [0.717, 1.165) is 29.6 Å². The van der Waals surface area contributed by atoms with Gasteiger partial charge >= 0.3 is 0 Å². The summed E-state index contributed by atoms with van der Waals surface area (Å²) in [4.78, 5) is 8.84. The lowest BCUT2D eigenvalue weighted by molar-refractivity contribution is 0.881. The van der Waals surface area contributed by atoms with E-state index in [1.165, 1.54) is 0 Å². The van der Waals surface area contributed by atoms with Gasteiger partial charge in [0.1, 0.15) is 0 Å². The van der Waals surface area contributed by atoms with Crippen molar-refractivity contribution in [1.29, 1.82) is 0 Å². The molecular weight excluding hydrogens is 160 g/mol. The molecule has 0 saturated heterocycles. The average Bonchev–Trinajstić information content (AvgIpc) is 2.18. The molecule has 0 atom stereocenters. The molecule has 2 rings (SSSR count). The lowest BCUT2D eigenvalue weighted by atomic mass is 10.2. The smallest absolute Gasteiger partial charge is 0.0890 e. The van der Waals surface area contributed by atoms with Crippen molar-refractivity contribution in [1.82, 2.24) is 9.97 Å². The van der Waals surface area contributed by atoms with Crippen LogP contribution in [0.2, 0.25) is 0 Å². The van der Waals surface area contributed by atoms with E-state index in [4.69, 9.17) is 0 Å². The highest BCUT2D eigenvalue weighted by atomic mass is 14.8. The minimum Gasteiger partial charge on any atom is -0.253 e. The third-order valence-corrected chi connectivity index (χ3v) is 2.00. The molecule has 0 aliphatic rings. The second-order valence-corrected chi connectivity index (χ2v) is 3.10. The van der Waals surface area contributed by atoms with Crippen molar-refractivity contribution in [3.8, 4) is 0 Å². The molecule has 2 aromatic rings. The van der Waals surface area contributed by atoms with E-state index in [2.05, 4.69) is 16.9 Å². The monoisotopic (exact) mass is 172 g/mol. The van der Waals surface area contributed by atoms with Gasteiger partial charge < -0.3 is 0 Å². The summed E-state index contributed by atoms with van der Waals surface area (Å²) < 4.78 is 0. The van der Waals surface area contributed by atoms with Crippen LogP contribution < -0.4 is 0 Å². The van der Waals surface area contributed by atoms with Gasteiger partial charge in [-0.1, -0.05) is 25.5 Å². The minimum atomic E-state index is 0.974. The minimum absolute atomic E-state index is 0.974. The summed E-state index contributed by atoms with van der Waals surface area (Å²) >= 11 is 0. The van der Waals surface area contributed by atoms with Crippen LogP contribution in [-0.4, -0.2) is 9.97 Å². The summed E-state index contributed by atoms with van der Waals surface area (Å²) in [5.74, 6) is 0. The fourth-order valence-electron chi connectivity index (χ4n) is 1.37. The number of para-hydroxylation sites is 2. The van der Waals surface area contributed by atoms with Gasteiger partial charge in [-0.2, -0.15) is 0 Å². The topological polar surface area (TPSA) is 25.8 Å². The van der Waals surface area contributed by atoms with Gasteiger partial charge in [0, 0.05) is 6.20 Å². The number of fused-ring (bicyclic) bond motifs is 1. The van der Waals surface area contributed by atoms with Crippen LogP contribution in [0.5, 0.6) is 0 Å². The summed E-state index contributed by atoms with van der Waals surface area (Å²) in [6, 6.07) is 7.96. The first-order chi connectivity index (χ1) is 6.40. The molecule has 1 aromatic heterocycles. The fourth-order valence-corrected chi connectivity index (χ4v) is 1.37. The Morgan fingerprint density at radius 3 is 2.69 bits per heavy atom. The van der Waals surface area contributed by atoms with E-state index in [9.17, 15) is 0 Å². The normalized spacial score (nSPS) is 10.5. The molecule has 0 amide bonds. The Balaban J connectivity index is 2.49. The molecule has 0 unspecified atom stereocenters. The summed E-state index contributed by atoms with van der Waals surface area (Å²) in [6.07, 6.45) is 4.00. The number of aryl methyl sites for hydroxylation is 1. The first-order valence-corrected chi connectivity index (χ1v) is 4.61. The third-order valence-electron chi connectivity index (χ3n) is 2.00. The van der Waals surface area contributed by atoms with Gasteiger partial charge in [0.05, 0.1) is 16.7 Å². The van der Waals surface area contributed by atoms with Crippen molar-refractivity contribution in [3.63, 3.8) is 0 Å². The molecule has 0 bridgehead atoms. The number of nitrogens with zero attached hydrogens (tertiary/aromatic N) is 2. The average molecular weight is 172 g/mol. The van der Waals surface area contributed by atoms with Gasteiger partial charge in [0.25, 0.3) is 0 Å². The van der Waals surface area contributed by atoms with Gasteiger partial charge in [-0.3, -0.25) is 4.98 Å². The van der Waals surface area contributed by atoms with E-state index in [1.807, 2.05) is 30.5 Å². The summed E-state index contributed by atoms with van der Waals surface area (Å²) in [7, 11) is 0. The molecule has 0 spiro atoms. The predicted octanol–water partition coefficient (Wildman–Crippen LogP) is 2.58. The Hall–Kier alpha value is -1.44. The zero-order chi connectivity index (χ0) is 9.10. The van der Waals surface area contributed by atoms with E-state index in [1.54, 1.807) is 0 Å². The molecule has 0 aliphatic heterocycles. The molecule has 0 radical (unpaired) electrons. The second kappa shape index (κ2) is 3.52. The van der Waals surface area contributed by atoms with Crippen molar-refractivity contribution >= 4 is 11.0 Å². The zero-order valence-corrected chi connectivity index (χ0v) is 7.70. The van der Waals surface area contributed by atoms with Gasteiger partial charge in [0.2, 0.25) is 0 Å². The summed E-state index contributed by atoms with van der Waals surface area (Å²) in [5, 5.41) is 0. The second-order valence-electron chi connectivity index (χ2n) is 3.10. The first-order valence-electron chi connectivity index (χ1n) is 4.61. The zero-order valence-electron chi connectivity index (χ0n) is 7.70. The van der Waals surface area contributed by atoms with E-state index in [-0.39, 0.29) is 0 Å². The third kappa shape index (κ3) is 1.66. The molecule has 2 heteroatoms. The van der Waals surface area contributed by atoms with Crippen molar-refractivity contribution < 1.29 is 0 Å². The highest BCUT2D eigenvalue weighted by Crippen LogP contribution is 2.09. The molecular formula is C11H12N2. The van der Waals surface area contributed by atoms with Gasteiger partial charge in [-0.05, 0) is 18.6 Å². The van der Waals surface area contributed by atoms with Crippen molar-refractivity contribution in [2.75, 3.05) is 0 Å². The highest BCUT2D eigenvalue weighted by molar-refractivity contribution is 5.73. The number of hydrogen-bond acceptors (Lipinski definition) is 2. The molecule has 1 heterocycles. The Kier molecular flexibility index (Phi) is 2.21. The maximum absolute atomic E-state index is 4.50. The summed E-state index contributed by atoms with van der Waals surface area (Å²) in [5.41, 5.74) is 3.05. The van der Waals surface area contributed by atoms with Gasteiger partial charge in [0.15, 0.2) is 0 Å². The first kappa shape index (κ1) is 8.17. The molecule has 0 fully saturated rings. The number of hydrogen-bond donors (Lipinski definition) is 0. The van der Waals surface area contributed by atoms with Crippen molar-refractivity contribution in [3.05, 3.63) is 36.2 Å². The van der Waals surface area contributed by atoms with Crippen LogP contribution in [0.1, 0.15) is 19.0 Å². The van der Waals surface area contributed by atoms with E-state index < -0.39 is 0 Å². The summed E-state index contributed by atoms with van der Waals surface area (Å²) in [6.45, 7) is 2.15. The molecule has 0 saturated carbocycles. The van der Waals surface area contributed by atoms with E-state index in [0.29, 0.717) is 0 Å². The number of aromatic nitrogens is 2. The maximum Gasteiger partial charge on any atom is 0.0890 e. The largest absolute Gasteiger partial charge is 0.253 e. The Labute approximate surface area is 77.6 Å². The van der Waals surface area contributed by atoms with Crippen LogP contribution >= 0.6 is 0 Å².